The standard InChI is InChI=1S/C30H20FN7/c1-37(28-16-33-17-34-28)27-14-20(11-9-18(27)15-32)38-25-7-3-2-5-21(25)29-22(6-4-8-26(29)38)30-35-23-12-10-19(31)13-24(23)36-30/h2-14,16-17H,1H3,(H,33,34)(H,35,36). The van der Waals surface area contributed by atoms with E-state index in [-0.39, 0.29) is 5.82 Å². The number of nitrogens with one attached hydrogen (secondary N) is 2. The van der Waals surface area contributed by atoms with Crippen molar-refractivity contribution < 1.29 is 4.39 Å². The Hall–Kier alpha value is -5.42. The second kappa shape index (κ2) is 8.32. The number of fused-ring (bicyclic) bond motifs is 4. The molecule has 0 spiro atoms. The fourth-order valence-electron chi connectivity index (χ4n) is 5.20. The van der Waals surface area contributed by atoms with Crippen molar-refractivity contribution in [3.05, 3.63) is 103 Å². The average molecular weight is 498 g/mol. The molecule has 7 aromatic rings. The highest BCUT2D eigenvalue weighted by Crippen LogP contribution is 2.39. The molecule has 0 aliphatic heterocycles. The largest absolute Gasteiger partial charge is 0.338 e. The van der Waals surface area contributed by atoms with Crippen LogP contribution in [0.3, 0.4) is 0 Å². The average Bonchev–Trinajstić information content (AvgIpc) is 3.69. The number of rotatable bonds is 4. The molecular formula is C30H20FN7. The van der Waals surface area contributed by atoms with Crippen molar-refractivity contribution in [2.45, 2.75) is 0 Å². The van der Waals surface area contributed by atoms with Gasteiger partial charge in [0.1, 0.15) is 23.5 Å². The van der Waals surface area contributed by atoms with E-state index in [1.165, 1.54) is 12.1 Å². The van der Waals surface area contributed by atoms with Crippen LogP contribution >= 0.6 is 0 Å². The van der Waals surface area contributed by atoms with Crippen molar-refractivity contribution in [3.63, 3.8) is 0 Å². The van der Waals surface area contributed by atoms with Crippen molar-refractivity contribution >= 4 is 44.3 Å². The van der Waals surface area contributed by atoms with Crippen LogP contribution in [0.25, 0.3) is 49.9 Å². The second-order valence-corrected chi connectivity index (χ2v) is 9.11. The minimum Gasteiger partial charge on any atom is -0.338 e. The molecule has 0 aliphatic rings. The van der Waals surface area contributed by atoms with Gasteiger partial charge in [-0.1, -0.05) is 30.3 Å². The maximum absolute atomic E-state index is 13.9. The normalized spacial score (nSPS) is 11.4. The molecule has 38 heavy (non-hydrogen) atoms. The summed E-state index contributed by atoms with van der Waals surface area (Å²) in [6, 6.07) is 27.0. The Balaban J connectivity index is 1.49. The summed E-state index contributed by atoms with van der Waals surface area (Å²) in [7, 11) is 1.90. The Bertz CT molecular complexity index is 2030. The topological polar surface area (TPSA) is 89.3 Å². The molecule has 0 amide bonds. The number of anilines is 2. The van der Waals surface area contributed by atoms with Gasteiger partial charge in [0.15, 0.2) is 0 Å². The Morgan fingerprint density at radius 1 is 0.974 bits per heavy atom. The van der Waals surface area contributed by atoms with E-state index < -0.39 is 0 Å². The van der Waals surface area contributed by atoms with Gasteiger partial charge in [0.25, 0.3) is 0 Å². The molecule has 7 rings (SSSR count). The van der Waals surface area contributed by atoms with Gasteiger partial charge in [-0.3, -0.25) is 0 Å². The number of imidazole rings is 2. The highest BCUT2D eigenvalue weighted by Gasteiger charge is 2.19. The summed E-state index contributed by atoms with van der Waals surface area (Å²) in [5, 5.41) is 11.9. The van der Waals surface area contributed by atoms with Gasteiger partial charge < -0.3 is 19.4 Å². The maximum atomic E-state index is 13.9. The zero-order chi connectivity index (χ0) is 25.8. The molecule has 0 saturated heterocycles. The smallest absolute Gasteiger partial charge is 0.139 e. The van der Waals surface area contributed by atoms with Crippen molar-refractivity contribution in [1.29, 1.82) is 5.26 Å². The first-order valence-corrected chi connectivity index (χ1v) is 12.1. The number of hydrogen-bond donors (Lipinski definition) is 2. The van der Waals surface area contributed by atoms with Crippen LogP contribution in [-0.4, -0.2) is 31.6 Å². The number of H-pyrrole nitrogens is 2. The molecule has 0 atom stereocenters. The molecule has 0 radical (unpaired) electrons. The van der Waals surface area contributed by atoms with E-state index in [1.54, 1.807) is 18.6 Å². The first-order chi connectivity index (χ1) is 18.6. The predicted octanol–water partition coefficient (Wildman–Crippen LogP) is 6.83. The number of halogens is 1. The molecule has 3 heterocycles. The summed E-state index contributed by atoms with van der Waals surface area (Å²) in [5.74, 6) is 1.15. The van der Waals surface area contributed by atoms with Gasteiger partial charge in [-0.2, -0.15) is 5.26 Å². The number of aromatic nitrogens is 5. The van der Waals surface area contributed by atoms with Gasteiger partial charge in [0, 0.05) is 29.1 Å². The summed E-state index contributed by atoms with van der Waals surface area (Å²) >= 11 is 0. The van der Waals surface area contributed by atoms with E-state index in [2.05, 4.69) is 43.8 Å². The minimum absolute atomic E-state index is 0.306. The van der Waals surface area contributed by atoms with Crippen LogP contribution in [0.1, 0.15) is 5.56 Å². The lowest BCUT2D eigenvalue weighted by molar-refractivity contribution is 0.629. The van der Waals surface area contributed by atoms with Gasteiger partial charge in [-0.05, 0) is 48.5 Å². The van der Waals surface area contributed by atoms with E-state index in [1.807, 2.05) is 54.4 Å². The van der Waals surface area contributed by atoms with Crippen LogP contribution in [0, 0.1) is 17.1 Å². The fraction of sp³-hybridized carbons (Fsp3) is 0.0333. The Labute approximate surface area is 216 Å². The van der Waals surface area contributed by atoms with E-state index >= 15 is 0 Å². The summed E-state index contributed by atoms with van der Waals surface area (Å²) in [6.07, 6.45) is 3.34. The first-order valence-electron chi connectivity index (χ1n) is 12.1. The number of para-hydroxylation sites is 1. The number of nitriles is 1. The lowest BCUT2D eigenvalue weighted by Gasteiger charge is -2.20. The van der Waals surface area contributed by atoms with Crippen LogP contribution < -0.4 is 4.90 Å². The molecular weight excluding hydrogens is 477 g/mol. The monoisotopic (exact) mass is 497 g/mol. The predicted molar refractivity (Wildman–Crippen MR) is 147 cm³/mol. The third-order valence-corrected chi connectivity index (χ3v) is 6.96. The first kappa shape index (κ1) is 21.8. The molecule has 182 valence electrons. The van der Waals surface area contributed by atoms with E-state index in [4.69, 9.17) is 4.98 Å². The summed E-state index contributed by atoms with van der Waals surface area (Å²) in [5.41, 5.74) is 6.54. The number of benzene rings is 4. The third kappa shape index (κ3) is 3.26. The third-order valence-electron chi connectivity index (χ3n) is 6.96. The van der Waals surface area contributed by atoms with Crippen molar-refractivity contribution in [2.24, 2.45) is 0 Å². The van der Waals surface area contributed by atoms with Crippen LogP contribution in [0.15, 0.2) is 91.4 Å². The minimum atomic E-state index is -0.306. The molecule has 7 nitrogen and oxygen atoms in total. The zero-order valence-corrected chi connectivity index (χ0v) is 20.3. The van der Waals surface area contributed by atoms with Crippen LogP contribution in [0.5, 0.6) is 0 Å². The van der Waals surface area contributed by atoms with Crippen molar-refractivity contribution in [3.8, 4) is 23.1 Å². The van der Waals surface area contributed by atoms with E-state index in [9.17, 15) is 9.65 Å². The highest BCUT2D eigenvalue weighted by atomic mass is 19.1. The van der Waals surface area contributed by atoms with Crippen molar-refractivity contribution in [1.82, 2.24) is 24.5 Å². The molecule has 0 aliphatic carbocycles. The number of nitrogens with zero attached hydrogens (tertiary/aromatic N) is 5. The van der Waals surface area contributed by atoms with Gasteiger partial charge >= 0.3 is 0 Å². The Morgan fingerprint density at radius 3 is 2.68 bits per heavy atom. The Morgan fingerprint density at radius 2 is 1.84 bits per heavy atom. The van der Waals surface area contributed by atoms with E-state index in [0.29, 0.717) is 22.4 Å². The van der Waals surface area contributed by atoms with Gasteiger partial charge in [0.05, 0.1) is 45.8 Å². The SMILES string of the molecule is CN(c1cnc[nH]1)c1cc(-n2c3ccccc3c3c(-c4nc5ccc(F)cc5[nH]4)cccc32)ccc1C#N. The van der Waals surface area contributed by atoms with Gasteiger partial charge in [-0.25, -0.2) is 14.4 Å². The molecule has 2 N–H and O–H groups in total. The molecule has 8 heteroatoms. The maximum Gasteiger partial charge on any atom is 0.139 e. The quantitative estimate of drug-likeness (QED) is 0.279. The fourth-order valence-corrected chi connectivity index (χ4v) is 5.20. The lowest BCUT2D eigenvalue weighted by atomic mass is 10.1. The molecule has 4 aromatic carbocycles. The molecule has 0 bridgehead atoms. The molecule has 0 fully saturated rings. The summed E-state index contributed by atoms with van der Waals surface area (Å²) in [6.45, 7) is 0. The second-order valence-electron chi connectivity index (χ2n) is 9.11. The highest BCUT2D eigenvalue weighted by molar-refractivity contribution is 6.15. The number of hydrogen-bond acceptors (Lipinski definition) is 4. The summed E-state index contributed by atoms with van der Waals surface area (Å²) < 4.78 is 16.1. The van der Waals surface area contributed by atoms with Crippen LogP contribution in [0.4, 0.5) is 15.9 Å². The number of aromatic amines is 2. The van der Waals surface area contributed by atoms with E-state index in [0.717, 1.165) is 44.6 Å². The lowest BCUT2D eigenvalue weighted by Crippen LogP contribution is -2.12. The molecule has 3 aromatic heterocycles. The van der Waals surface area contributed by atoms with Crippen molar-refractivity contribution in [2.75, 3.05) is 11.9 Å². The van der Waals surface area contributed by atoms with Gasteiger partial charge in [-0.15, -0.1) is 0 Å². The molecule has 0 unspecified atom stereocenters. The van der Waals surface area contributed by atoms with Gasteiger partial charge in [0.2, 0.25) is 0 Å². The van der Waals surface area contributed by atoms with Crippen LogP contribution in [-0.2, 0) is 0 Å². The van der Waals surface area contributed by atoms with Crippen LogP contribution in [0.2, 0.25) is 0 Å². The zero-order valence-electron chi connectivity index (χ0n) is 20.3. The molecule has 0 saturated carbocycles. The Kier molecular flexibility index (Phi) is 4.78. The summed E-state index contributed by atoms with van der Waals surface area (Å²) in [4.78, 5) is 17.2.